The van der Waals surface area contributed by atoms with Gasteiger partial charge in [-0.15, -0.1) is 0 Å². The normalized spacial score (nSPS) is 14.3. The first kappa shape index (κ1) is 28.2. The molecule has 0 saturated carbocycles. The summed E-state index contributed by atoms with van der Waals surface area (Å²) in [6.07, 6.45) is -1.26. The molecule has 1 amide bonds. The van der Waals surface area contributed by atoms with Crippen molar-refractivity contribution >= 4 is 34.0 Å². The number of anilines is 3. The monoisotopic (exact) mass is 585 g/mol. The molecule has 3 heterocycles. The molecule has 43 heavy (non-hydrogen) atoms. The van der Waals surface area contributed by atoms with Crippen molar-refractivity contribution in [1.29, 1.82) is 0 Å². The second-order valence-corrected chi connectivity index (χ2v) is 10.8. The van der Waals surface area contributed by atoms with E-state index < -0.39 is 17.6 Å². The number of hydrogen-bond donors (Lipinski definition) is 2. The van der Waals surface area contributed by atoms with Crippen LogP contribution in [0.3, 0.4) is 0 Å². The fourth-order valence-corrected chi connectivity index (χ4v) is 5.36. The van der Waals surface area contributed by atoms with Crippen molar-refractivity contribution in [2.24, 2.45) is 0 Å². The summed E-state index contributed by atoms with van der Waals surface area (Å²) >= 11 is 0. The average Bonchev–Trinajstić information content (AvgIpc) is 3.41. The Balaban J connectivity index is 1.31. The zero-order valence-corrected chi connectivity index (χ0v) is 23.7. The number of likely N-dealkylation sites (N-methyl/N-ethyl adjacent to an activating group) is 1. The maximum absolute atomic E-state index is 13.8. The highest BCUT2D eigenvalue weighted by Crippen LogP contribution is 2.34. The first-order valence-electron chi connectivity index (χ1n) is 13.8. The van der Waals surface area contributed by atoms with Crippen LogP contribution in [0.5, 0.6) is 0 Å². The lowest BCUT2D eigenvalue weighted by Gasteiger charge is -2.34. The van der Waals surface area contributed by atoms with Crippen LogP contribution in [0, 0.1) is 6.92 Å². The van der Waals surface area contributed by atoms with Crippen molar-refractivity contribution in [2.45, 2.75) is 13.1 Å². The maximum atomic E-state index is 13.8. The molecule has 3 aromatic carbocycles. The van der Waals surface area contributed by atoms with Crippen LogP contribution in [0.25, 0.3) is 27.8 Å². The number of aryl methyl sites for hydroxylation is 1. The predicted molar refractivity (Wildman–Crippen MR) is 163 cm³/mol. The van der Waals surface area contributed by atoms with E-state index in [4.69, 9.17) is 5.73 Å². The molecule has 1 aliphatic heterocycles. The first-order valence-corrected chi connectivity index (χ1v) is 13.8. The van der Waals surface area contributed by atoms with Gasteiger partial charge < -0.3 is 25.4 Å². The number of hydrogen-bond acceptors (Lipinski definition) is 6. The van der Waals surface area contributed by atoms with Gasteiger partial charge in [-0.05, 0) is 73.1 Å². The zero-order chi connectivity index (χ0) is 30.3. The molecule has 11 heteroatoms. The van der Waals surface area contributed by atoms with E-state index in [1.165, 1.54) is 12.4 Å². The van der Waals surface area contributed by atoms with E-state index >= 15 is 0 Å². The van der Waals surface area contributed by atoms with Gasteiger partial charge in [0.25, 0.3) is 5.91 Å². The fraction of sp³-hybridized carbons (Fsp3) is 0.219. The molecule has 6 rings (SSSR count). The number of carbonyl (C=O) groups excluding carboxylic acids is 1. The highest BCUT2D eigenvalue weighted by Gasteiger charge is 2.32. The van der Waals surface area contributed by atoms with Crippen LogP contribution >= 0.6 is 0 Å². The molecule has 220 valence electrons. The summed E-state index contributed by atoms with van der Waals surface area (Å²) in [5.41, 5.74) is 9.49. The molecule has 1 saturated heterocycles. The number of nitrogen functional groups attached to an aromatic ring is 1. The van der Waals surface area contributed by atoms with Crippen molar-refractivity contribution in [1.82, 2.24) is 19.4 Å². The molecular formula is C32H30F3N7O. The Labute approximate surface area is 246 Å². The second kappa shape index (κ2) is 11.1. The third kappa shape index (κ3) is 5.89. The lowest BCUT2D eigenvalue weighted by atomic mass is 9.98. The number of carbonyl (C=O) groups is 1. The number of fused-ring (bicyclic) bond motifs is 1. The number of halogens is 3. The average molecular weight is 586 g/mol. The largest absolute Gasteiger partial charge is 0.416 e. The molecule has 0 spiro atoms. The minimum absolute atomic E-state index is 0.0470. The van der Waals surface area contributed by atoms with E-state index in [1.807, 2.05) is 66.0 Å². The molecule has 0 radical (unpaired) electrons. The smallest absolute Gasteiger partial charge is 0.384 e. The number of rotatable bonds is 5. The number of piperazine rings is 1. The van der Waals surface area contributed by atoms with Crippen LogP contribution in [0.2, 0.25) is 0 Å². The van der Waals surface area contributed by atoms with Gasteiger partial charge in [-0.25, -0.2) is 9.97 Å². The minimum Gasteiger partial charge on any atom is -0.384 e. The number of nitrogens with one attached hydrogen (secondary N) is 1. The van der Waals surface area contributed by atoms with Gasteiger partial charge in [0.05, 0.1) is 11.1 Å². The number of nitrogens with zero attached hydrogens (tertiary/aromatic N) is 5. The third-order valence-corrected chi connectivity index (χ3v) is 7.80. The molecule has 0 aliphatic carbocycles. The van der Waals surface area contributed by atoms with Crippen LogP contribution in [0.4, 0.5) is 30.4 Å². The van der Waals surface area contributed by atoms with E-state index in [0.29, 0.717) is 36.1 Å². The SMILES string of the molecule is Cc1ccc(NC(=O)c2cc(N3CCN(C)CC3)cc(C(F)(F)F)c2)cc1-c1ccc2ccn(-c3cc(N)ncn3)c2c1. The van der Waals surface area contributed by atoms with Crippen molar-refractivity contribution < 1.29 is 18.0 Å². The summed E-state index contributed by atoms with van der Waals surface area (Å²) in [5, 5.41) is 3.82. The molecule has 2 aromatic heterocycles. The number of nitrogens with two attached hydrogens (primary N) is 1. The summed E-state index contributed by atoms with van der Waals surface area (Å²) in [7, 11) is 1.97. The lowest BCUT2D eigenvalue weighted by Crippen LogP contribution is -2.44. The number of benzene rings is 3. The Bertz CT molecular complexity index is 1820. The molecule has 5 aromatic rings. The summed E-state index contributed by atoms with van der Waals surface area (Å²) in [5.74, 6) is 0.384. The Morgan fingerprint density at radius 1 is 0.930 bits per heavy atom. The van der Waals surface area contributed by atoms with Crippen LogP contribution in [0.1, 0.15) is 21.5 Å². The third-order valence-electron chi connectivity index (χ3n) is 7.80. The summed E-state index contributed by atoms with van der Waals surface area (Å²) in [6, 6.07) is 18.7. The first-order chi connectivity index (χ1) is 20.5. The van der Waals surface area contributed by atoms with Crippen LogP contribution < -0.4 is 16.0 Å². The highest BCUT2D eigenvalue weighted by molar-refractivity contribution is 6.05. The van der Waals surface area contributed by atoms with Crippen molar-refractivity contribution in [3.05, 3.63) is 95.9 Å². The fourth-order valence-electron chi connectivity index (χ4n) is 5.36. The summed E-state index contributed by atoms with van der Waals surface area (Å²) < 4.78 is 43.4. The second-order valence-electron chi connectivity index (χ2n) is 10.8. The van der Waals surface area contributed by atoms with Crippen molar-refractivity contribution in [2.75, 3.05) is 49.2 Å². The van der Waals surface area contributed by atoms with Gasteiger partial charge >= 0.3 is 6.18 Å². The topological polar surface area (TPSA) is 92.3 Å². The van der Waals surface area contributed by atoms with Crippen molar-refractivity contribution in [3.63, 3.8) is 0 Å². The Kier molecular flexibility index (Phi) is 7.26. The van der Waals surface area contributed by atoms with Gasteiger partial charge in [-0.1, -0.05) is 18.2 Å². The van der Waals surface area contributed by atoms with E-state index in [0.717, 1.165) is 52.8 Å². The van der Waals surface area contributed by atoms with Gasteiger partial charge in [0, 0.05) is 60.8 Å². The molecular weight excluding hydrogens is 555 g/mol. The van der Waals surface area contributed by atoms with E-state index in [-0.39, 0.29) is 5.56 Å². The minimum atomic E-state index is -4.58. The van der Waals surface area contributed by atoms with Gasteiger partial charge in [-0.3, -0.25) is 4.79 Å². The summed E-state index contributed by atoms with van der Waals surface area (Å²) in [6.45, 7) is 4.59. The zero-order valence-electron chi connectivity index (χ0n) is 23.7. The number of aromatic nitrogens is 3. The standard InChI is InChI=1S/C32H30F3N7O/c1-20-3-6-25(17-27(20)22-5-4-21-7-8-42(28(21)15-22)30-18-29(36)37-19-38-30)39-31(43)23-13-24(32(33,34)35)16-26(14-23)41-11-9-40(2)10-12-41/h3-8,13-19H,9-12H2,1-2H3,(H,39,43)(H2,36,37,38). The Morgan fingerprint density at radius 2 is 1.72 bits per heavy atom. The van der Waals surface area contributed by atoms with Crippen LogP contribution in [-0.4, -0.2) is 58.6 Å². The molecule has 1 aliphatic rings. The van der Waals surface area contributed by atoms with Gasteiger partial charge in [0.15, 0.2) is 0 Å². The van der Waals surface area contributed by atoms with Crippen LogP contribution in [-0.2, 0) is 6.18 Å². The molecule has 0 unspecified atom stereocenters. The molecule has 0 bridgehead atoms. The quantitative estimate of drug-likeness (QED) is 0.263. The predicted octanol–water partition coefficient (Wildman–Crippen LogP) is 6.00. The lowest BCUT2D eigenvalue weighted by molar-refractivity contribution is -0.137. The van der Waals surface area contributed by atoms with Crippen LogP contribution in [0.15, 0.2) is 79.3 Å². The van der Waals surface area contributed by atoms with Crippen molar-refractivity contribution in [3.8, 4) is 16.9 Å². The van der Waals surface area contributed by atoms with Gasteiger partial charge in [0.1, 0.15) is 18.0 Å². The highest BCUT2D eigenvalue weighted by atomic mass is 19.4. The van der Waals surface area contributed by atoms with E-state index in [1.54, 1.807) is 12.1 Å². The van der Waals surface area contributed by atoms with E-state index in [2.05, 4.69) is 20.2 Å². The number of amides is 1. The molecule has 3 N–H and O–H groups in total. The Hall–Kier alpha value is -4.90. The van der Waals surface area contributed by atoms with Gasteiger partial charge in [-0.2, -0.15) is 13.2 Å². The molecule has 8 nitrogen and oxygen atoms in total. The van der Waals surface area contributed by atoms with E-state index in [9.17, 15) is 18.0 Å². The van der Waals surface area contributed by atoms with Gasteiger partial charge in [0.2, 0.25) is 0 Å². The molecule has 0 atom stereocenters. The summed E-state index contributed by atoms with van der Waals surface area (Å²) in [4.78, 5) is 25.7. The molecule has 1 fully saturated rings. The Morgan fingerprint density at radius 3 is 2.47 bits per heavy atom. The number of alkyl halides is 3. The maximum Gasteiger partial charge on any atom is 0.416 e.